The predicted octanol–water partition coefficient (Wildman–Crippen LogP) is 4.87. The molecular weight excluding hydrogens is 433 g/mol. The molecule has 0 radical (unpaired) electrons. The molecule has 0 amide bonds. The van der Waals surface area contributed by atoms with Gasteiger partial charge in [0, 0.05) is 37.4 Å². The molecule has 0 bridgehead atoms. The smallest absolute Gasteiger partial charge is 0.217 e. The number of fused-ring (bicyclic) bond motifs is 1. The summed E-state index contributed by atoms with van der Waals surface area (Å²) in [6.07, 6.45) is 4.04. The van der Waals surface area contributed by atoms with Gasteiger partial charge in [-0.3, -0.25) is 0 Å². The molecule has 1 aliphatic heterocycles. The number of anilines is 1. The Labute approximate surface area is 191 Å². The van der Waals surface area contributed by atoms with Crippen LogP contribution in [0.1, 0.15) is 36.6 Å². The Morgan fingerprint density at radius 2 is 1.87 bits per heavy atom. The van der Waals surface area contributed by atoms with E-state index in [0.29, 0.717) is 41.8 Å². The van der Waals surface area contributed by atoms with Crippen molar-refractivity contribution in [3.63, 3.8) is 0 Å². The van der Waals surface area contributed by atoms with Crippen LogP contribution in [-0.2, 0) is 13.6 Å². The molecule has 0 spiro atoms. The zero-order valence-electron chi connectivity index (χ0n) is 17.9. The first kappa shape index (κ1) is 21.4. The largest absolute Gasteiger partial charge is 0.335 e. The number of nitrogens with zero attached hydrogens (tertiary/aromatic N) is 7. The molecule has 0 saturated carbocycles. The molecule has 0 N–H and O–H groups in total. The second-order valence-electron chi connectivity index (χ2n) is 8.03. The van der Waals surface area contributed by atoms with Gasteiger partial charge in [0.2, 0.25) is 12.2 Å². The van der Waals surface area contributed by atoms with Crippen LogP contribution in [0.2, 0.25) is 10.3 Å². The lowest BCUT2D eigenvalue weighted by Gasteiger charge is -2.23. The van der Waals surface area contributed by atoms with Gasteiger partial charge in [0.15, 0.2) is 0 Å². The van der Waals surface area contributed by atoms with E-state index in [-0.39, 0.29) is 0 Å². The number of aryl methyl sites for hydroxylation is 2. The number of hydrogen-bond acceptors (Lipinski definition) is 4. The van der Waals surface area contributed by atoms with Gasteiger partial charge in [0.1, 0.15) is 16.0 Å². The lowest BCUT2D eigenvalue weighted by atomic mass is 9.98. The Morgan fingerprint density at radius 1 is 1.16 bits per heavy atom. The molecule has 0 aliphatic carbocycles. The normalized spacial score (nSPS) is 15.5. The van der Waals surface area contributed by atoms with Gasteiger partial charge in [-0.15, -0.1) is 4.99 Å². The molecular formula is C22H23Cl2N7. The highest BCUT2D eigenvalue weighted by molar-refractivity contribution is 6.33. The molecule has 9 heteroatoms. The fourth-order valence-corrected chi connectivity index (χ4v) is 4.63. The number of aliphatic imine (C=N–C) groups is 1. The number of guanidine groups is 1. The van der Waals surface area contributed by atoms with Crippen molar-refractivity contribution in [2.45, 2.75) is 33.2 Å². The maximum atomic E-state index is 9.31. The van der Waals surface area contributed by atoms with Crippen LogP contribution in [0.3, 0.4) is 0 Å². The third-order valence-corrected chi connectivity index (χ3v) is 5.89. The van der Waals surface area contributed by atoms with Crippen molar-refractivity contribution >= 4 is 45.9 Å². The molecule has 3 aromatic heterocycles. The Bertz CT molecular complexity index is 1200. The third kappa shape index (κ3) is 4.06. The van der Waals surface area contributed by atoms with Crippen molar-refractivity contribution < 1.29 is 0 Å². The monoisotopic (exact) mass is 455 g/mol. The van der Waals surface area contributed by atoms with Crippen molar-refractivity contribution in [1.29, 1.82) is 5.26 Å². The molecule has 0 aromatic carbocycles. The predicted molar refractivity (Wildman–Crippen MR) is 125 cm³/mol. The van der Waals surface area contributed by atoms with Crippen LogP contribution in [-0.4, -0.2) is 38.5 Å². The van der Waals surface area contributed by atoms with Crippen LogP contribution in [0.25, 0.3) is 11.0 Å². The van der Waals surface area contributed by atoms with Crippen LogP contribution in [0.5, 0.6) is 0 Å². The topological polar surface area (TPSA) is 73.3 Å². The average molecular weight is 456 g/mol. The van der Waals surface area contributed by atoms with E-state index >= 15 is 0 Å². The van der Waals surface area contributed by atoms with Gasteiger partial charge >= 0.3 is 0 Å². The second kappa shape index (κ2) is 8.37. The van der Waals surface area contributed by atoms with E-state index in [1.807, 2.05) is 18.1 Å². The van der Waals surface area contributed by atoms with Crippen molar-refractivity contribution in [3.05, 3.63) is 51.5 Å². The van der Waals surface area contributed by atoms with Crippen molar-refractivity contribution in [3.8, 4) is 6.19 Å². The highest BCUT2D eigenvalue weighted by Crippen LogP contribution is 2.31. The Morgan fingerprint density at radius 3 is 2.52 bits per heavy atom. The minimum Gasteiger partial charge on any atom is -0.335 e. The maximum Gasteiger partial charge on any atom is 0.217 e. The van der Waals surface area contributed by atoms with E-state index < -0.39 is 0 Å². The van der Waals surface area contributed by atoms with Crippen LogP contribution >= 0.6 is 23.2 Å². The highest BCUT2D eigenvalue weighted by Gasteiger charge is 2.29. The summed E-state index contributed by atoms with van der Waals surface area (Å²) in [5, 5.41) is 11.1. The Balaban J connectivity index is 1.71. The molecule has 7 nitrogen and oxygen atoms in total. The van der Waals surface area contributed by atoms with Gasteiger partial charge in [-0.25, -0.2) is 9.97 Å². The SMILES string of the molecule is Cc1cn(C)c2nc(CN3CCN(c4cc(Cl)nc(Cl)c4)C3=NC#N)cc(C(C)C)c12. The second-order valence-corrected chi connectivity index (χ2v) is 8.81. The number of aromatic nitrogens is 3. The summed E-state index contributed by atoms with van der Waals surface area (Å²) in [6.45, 7) is 8.41. The standard InChI is InChI=1S/C22H23Cl2N7/c1-13(2)17-7-15(27-21-20(17)14(3)10-29(21)4)11-30-5-6-31(22(30)26-12-25)16-8-18(23)28-19(24)9-16/h7-10,13H,5-6,11H2,1-4H3. The first-order valence-electron chi connectivity index (χ1n) is 10.1. The zero-order chi connectivity index (χ0) is 22.3. The van der Waals surface area contributed by atoms with Crippen molar-refractivity contribution in [2.24, 2.45) is 12.0 Å². The molecule has 1 saturated heterocycles. The summed E-state index contributed by atoms with van der Waals surface area (Å²) in [4.78, 5) is 17.0. The van der Waals surface area contributed by atoms with Gasteiger partial charge in [-0.05, 0) is 42.2 Å². The molecule has 0 atom stereocenters. The molecule has 4 heterocycles. The van der Waals surface area contributed by atoms with E-state index in [0.717, 1.165) is 17.0 Å². The lowest BCUT2D eigenvalue weighted by molar-refractivity contribution is 0.451. The number of rotatable bonds is 4. The van der Waals surface area contributed by atoms with Crippen LogP contribution in [0.15, 0.2) is 29.4 Å². The Hall–Kier alpha value is -2.82. The van der Waals surface area contributed by atoms with Gasteiger partial charge in [-0.2, -0.15) is 5.26 Å². The molecule has 3 aromatic rings. The fraction of sp³-hybridized carbons (Fsp3) is 0.364. The fourth-order valence-electron chi connectivity index (χ4n) is 4.18. The molecule has 1 fully saturated rings. The number of hydrogen-bond donors (Lipinski definition) is 0. The van der Waals surface area contributed by atoms with E-state index in [9.17, 15) is 5.26 Å². The van der Waals surface area contributed by atoms with Crippen molar-refractivity contribution in [2.75, 3.05) is 18.0 Å². The Kier molecular flexibility index (Phi) is 5.78. The third-order valence-electron chi connectivity index (χ3n) is 5.50. The number of pyridine rings is 2. The van der Waals surface area contributed by atoms with E-state index in [4.69, 9.17) is 28.2 Å². The molecule has 1 aliphatic rings. The van der Waals surface area contributed by atoms with E-state index in [1.54, 1.807) is 12.1 Å². The molecule has 31 heavy (non-hydrogen) atoms. The summed E-state index contributed by atoms with van der Waals surface area (Å²) >= 11 is 12.2. The number of halogens is 2. The minimum absolute atomic E-state index is 0.296. The van der Waals surface area contributed by atoms with Gasteiger partial charge in [0.25, 0.3) is 0 Å². The van der Waals surface area contributed by atoms with Crippen LogP contribution < -0.4 is 4.90 Å². The van der Waals surface area contributed by atoms with Gasteiger partial charge in [-0.1, -0.05) is 37.0 Å². The first-order chi connectivity index (χ1) is 14.8. The quantitative estimate of drug-likeness (QED) is 0.414. The molecule has 160 valence electrons. The summed E-state index contributed by atoms with van der Waals surface area (Å²) in [5.41, 5.74) is 5.18. The molecule has 4 rings (SSSR count). The zero-order valence-corrected chi connectivity index (χ0v) is 19.4. The molecule has 0 unspecified atom stereocenters. The van der Waals surface area contributed by atoms with Gasteiger partial charge in [0.05, 0.1) is 12.2 Å². The van der Waals surface area contributed by atoms with E-state index in [2.05, 4.69) is 52.5 Å². The number of nitriles is 1. The highest BCUT2D eigenvalue weighted by atomic mass is 35.5. The van der Waals surface area contributed by atoms with Crippen LogP contribution in [0, 0.1) is 18.4 Å². The first-order valence-corrected chi connectivity index (χ1v) is 10.8. The minimum atomic E-state index is 0.296. The maximum absolute atomic E-state index is 9.31. The van der Waals surface area contributed by atoms with Gasteiger partial charge < -0.3 is 14.4 Å². The average Bonchev–Trinajstić information content (AvgIpc) is 3.21. The summed E-state index contributed by atoms with van der Waals surface area (Å²) in [5.74, 6) is 0.922. The van der Waals surface area contributed by atoms with E-state index in [1.165, 1.54) is 16.5 Å². The summed E-state index contributed by atoms with van der Waals surface area (Å²) in [7, 11) is 2.02. The van der Waals surface area contributed by atoms with Crippen LogP contribution in [0.4, 0.5) is 5.69 Å². The summed E-state index contributed by atoms with van der Waals surface area (Å²) < 4.78 is 2.07. The lowest BCUT2D eigenvalue weighted by Crippen LogP contribution is -2.33. The summed E-state index contributed by atoms with van der Waals surface area (Å²) in [6, 6.07) is 5.61. The van der Waals surface area contributed by atoms with Crippen molar-refractivity contribution in [1.82, 2.24) is 19.4 Å².